The van der Waals surface area contributed by atoms with Gasteiger partial charge in [-0.1, -0.05) is 34.1 Å². The van der Waals surface area contributed by atoms with Gasteiger partial charge in [0.1, 0.15) is 5.75 Å². The second-order valence-corrected chi connectivity index (χ2v) is 5.08. The van der Waals surface area contributed by atoms with E-state index in [0.717, 1.165) is 10.0 Å². The maximum absolute atomic E-state index is 11.9. The van der Waals surface area contributed by atoms with Crippen LogP contribution in [0.15, 0.2) is 52.0 Å². The number of aryl methyl sites for hydroxylation is 1. The van der Waals surface area contributed by atoms with Crippen molar-refractivity contribution >= 4 is 28.1 Å². The van der Waals surface area contributed by atoms with E-state index in [0.29, 0.717) is 11.1 Å². The van der Waals surface area contributed by atoms with Crippen LogP contribution in [0, 0.1) is 6.92 Å². The molecule has 0 aromatic heterocycles. The van der Waals surface area contributed by atoms with Crippen molar-refractivity contribution in [3.05, 3.63) is 63.6 Å². The van der Waals surface area contributed by atoms with Crippen LogP contribution < -0.4 is 5.43 Å². The quantitative estimate of drug-likeness (QED) is 0.669. The Bertz CT molecular complexity index is 669. The van der Waals surface area contributed by atoms with Crippen LogP contribution >= 0.6 is 15.9 Å². The van der Waals surface area contributed by atoms with E-state index in [4.69, 9.17) is 0 Å². The zero-order valence-corrected chi connectivity index (χ0v) is 12.4. The largest absolute Gasteiger partial charge is 0.507 e. The molecule has 0 heterocycles. The zero-order chi connectivity index (χ0) is 14.5. The summed E-state index contributed by atoms with van der Waals surface area (Å²) in [6.45, 7) is 1.95. The number of halogens is 1. The average molecular weight is 333 g/mol. The van der Waals surface area contributed by atoms with Gasteiger partial charge >= 0.3 is 0 Å². The summed E-state index contributed by atoms with van der Waals surface area (Å²) in [6.07, 6.45) is 1.40. The molecule has 0 aliphatic rings. The lowest BCUT2D eigenvalue weighted by Gasteiger charge is -2.03. The lowest BCUT2D eigenvalue weighted by molar-refractivity contribution is 0.0955. The summed E-state index contributed by atoms with van der Waals surface area (Å²) in [7, 11) is 0. The molecule has 0 radical (unpaired) electrons. The van der Waals surface area contributed by atoms with Crippen molar-refractivity contribution < 1.29 is 9.90 Å². The number of carbonyl (C=O) groups excluding carboxylic acids is 1. The molecule has 0 fully saturated rings. The Hall–Kier alpha value is -2.14. The fraction of sp³-hybridized carbons (Fsp3) is 0.0667. The van der Waals surface area contributed by atoms with Crippen molar-refractivity contribution in [2.45, 2.75) is 6.92 Å². The molecule has 2 aromatic carbocycles. The molecule has 0 aliphatic heterocycles. The van der Waals surface area contributed by atoms with Crippen LogP contribution in [0.2, 0.25) is 0 Å². The van der Waals surface area contributed by atoms with Crippen LogP contribution in [0.25, 0.3) is 0 Å². The van der Waals surface area contributed by atoms with Crippen molar-refractivity contribution in [1.82, 2.24) is 5.43 Å². The minimum atomic E-state index is -0.308. The number of phenols is 1. The van der Waals surface area contributed by atoms with E-state index in [9.17, 15) is 9.90 Å². The van der Waals surface area contributed by atoms with Crippen molar-refractivity contribution in [2.24, 2.45) is 5.10 Å². The number of hydrogen-bond acceptors (Lipinski definition) is 3. The SMILES string of the molecule is Cc1ccc(C(=O)NN=Cc2ccccc2O)cc1Br. The van der Waals surface area contributed by atoms with Crippen LogP contribution in [0.1, 0.15) is 21.5 Å². The highest BCUT2D eigenvalue weighted by Gasteiger charge is 2.05. The molecule has 0 unspecified atom stereocenters. The smallest absolute Gasteiger partial charge is 0.271 e. The topological polar surface area (TPSA) is 61.7 Å². The van der Waals surface area contributed by atoms with E-state index in [-0.39, 0.29) is 11.7 Å². The molecule has 0 spiro atoms. The van der Waals surface area contributed by atoms with E-state index in [2.05, 4.69) is 26.5 Å². The molecule has 2 aromatic rings. The highest BCUT2D eigenvalue weighted by Crippen LogP contribution is 2.17. The maximum atomic E-state index is 11.9. The number of amides is 1. The van der Waals surface area contributed by atoms with E-state index >= 15 is 0 Å². The zero-order valence-electron chi connectivity index (χ0n) is 10.8. The highest BCUT2D eigenvalue weighted by atomic mass is 79.9. The van der Waals surface area contributed by atoms with Gasteiger partial charge in [-0.15, -0.1) is 0 Å². The van der Waals surface area contributed by atoms with E-state index in [1.165, 1.54) is 6.21 Å². The third-order valence-corrected chi connectivity index (χ3v) is 3.59. The van der Waals surface area contributed by atoms with E-state index in [1.54, 1.807) is 36.4 Å². The van der Waals surface area contributed by atoms with Crippen LogP contribution in [0.3, 0.4) is 0 Å². The van der Waals surface area contributed by atoms with Crippen LogP contribution in [0.4, 0.5) is 0 Å². The first kappa shape index (κ1) is 14.3. The van der Waals surface area contributed by atoms with Gasteiger partial charge in [0.15, 0.2) is 0 Å². The Morgan fingerprint density at radius 2 is 2.05 bits per heavy atom. The van der Waals surface area contributed by atoms with Gasteiger partial charge in [0, 0.05) is 15.6 Å². The van der Waals surface area contributed by atoms with Crippen molar-refractivity contribution in [3.8, 4) is 5.75 Å². The molecule has 0 aliphatic carbocycles. The van der Waals surface area contributed by atoms with Crippen LogP contribution in [-0.2, 0) is 0 Å². The second kappa shape index (κ2) is 6.34. The number of nitrogens with one attached hydrogen (secondary N) is 1. The summed E-state index contributed by atoms with van der Waals surface area (Å²) < 4.78 is 0.870. The molecular weight excluding hydrogens is 320 g/mol. The van der Waals surface area contributed by atoms with Gasteiger partial charge in [0.05, 0.1) is 6.21 Å². The molecule has 0 saturated carbocycles. The third-order valence-electron chi connectivity index (χ3n) is 2.74. The van der Waals surface area contributed by atoms with Gasteiger partial charge in [0.2, 0.25) is 0 Å². The fourth-order valence-corrected chi connectivity index (χ4v) is 1.93. The van der Waals surface area contributed by atoms with Crippen LogP contribution in [0.5, 0.6) is 5.75 Å². The molecule has 5 heteroatoms. The molecular formula is C15H13BrN2O2. The van der Waals surface area contributed by atoms with Crippen LogP contribution in [-0.4, -0.2) is 17.2 Å². The van der Waals surface area contributed by atoms with Gasteiger partial charge in [-0.05, 0) is 36.8 Å². The molecule has 102 valence electrons. The number of phenolic OH excluding ortho intramolecular Hbond substituents is 1. The number of carbonyl (C=O) groups is 1. The number of hydrazone groups is 1. The van der Waals surface area contributed by atoms with E-state index < -0.39 is 0 Å². The van der Waals surface area contributed by atoms with Crippen molar-refractivity contribution in [3.63, 3.8) is 0 Å². The molecule has 2 N–H and O–H groups in total. The average Bonchev–Trinajstić information content (AvgIpc) is 2.44. The summed E-state index contributed by atoms with van der Waals surface area (Å²) in [4.78, 5) is 11.9. The molecule has 20 heavy (non-hydrogen) atoms. The van der Waals surface area contributed by atoms with Gasteiger partial charge in [-0.3, -0.25) is 4.79 Å². The molecule has 1 amide bonds. The molecule has 0 saturated heterocycles. The fourth-order valence-electron chi connectivity index (χ4n) is 1.56. The predicted octanol–water partition coefficient (Wildman–Crippen LogP) is 3.23. The summed E-state index contributed by atoms with van der Waals surface area (Å²) in [6, 6.07) is 12.1. The summed E-state index contributed by atoms with van der Waals surface area (Å²) in [5, 5.41) is 13.4. The van der Waals surface area contributed by atoms with Gasteiger partial charge < -0.3 is 5.11 Å². The first-order chi connectivity index (χ1) is 9.58. The number of aromatic hydroxyl groups is 1. The minimum absolute atomic E-state index is 0.114. The number of rotatable bonds is 3. The number of para-hydroxylation sites is 1. The Morgan fingerprint density at radius 3 is 2.75 bits per heavy atom. The molecule has 0 bridgehead atoms. The lowest BCUT2D eigenvalue weighted by Crippen LogP contribution is -2.17. The highest BCUT2D eigenvalue weighted by molar-refractivity contribution is 9.10. The van der Waals surface area contributed by atoms with Crippen molar-refractivity contribution in [2.75, 3.05) is 0 Å². The minimum Gasteiger partial charge on any atom is -0.507 e. The number of nitrogens with zero attached hydrogens (tertiary/aromatic N) is 1. The first-order valence-electron chi connectivity index (χ1n) is 5.95. The lowest BCUT2D eigenvalue weighted by atomic mass is 10.1. The third kappa shape index (κ3) is 3.45. The Kier molecular flexibility index (Phi) is 4.53. The monoisotopic (exact) mass is 332 g/mol. The van der Waals surface area contributed by atoms with Gasteiger partial charge in [-0.2, -0.15) is 5.10 Å². The first-order valence-corrected chi connectivity index (χ1v) is 6.75. The number of hydrogen-bond donors (Lipinski definition) is 2. The number of benzene rings is 2. The summed E-state index contributed by atoms with van der Waals surface area (Å²) in [5.74, 6) is -0.194. The van der Waals surface area contributed by atoms with Gasteiger partial charge in [-0.25, -0.2) is 5.43 Å². The summed E-state index contributed by atoms with van der Waals surface area (Å²) >= 11 is 3.38. The normalized spacial score (nSPS) is 10.7. The van der Waals surface area contributed by atoms with E-state index in [1.807, 2.05) is 13.0 Å². The standard InChI is InChI=1S/C15H13BrN2O2/c1-10-6-7-11(8-13(10)16)15(20)18-17-9-12-4-2-3-5-14(12)19/h2-9,19H,1H3,(H,18,20). The summed E-state index contributed by atoms with van der Waals surface area (Å²) in [5.41, 5.74) is 4.53. The molecule has 4 nitrogen and oxygen atoms in total. The maximum Gasteiger partial charge on any atom is 0.271 e. The Balaban J connectivity index is 2.05. The molecule has 0 atom stereocenters. The Morgan fingerprint density at radius 1 is 1.30 bits per heavy atom. The van der Waals surface area contributed by atoms with Crippen molar-refractivity contribution in [1.29, 1.82) is 0 Å². The Labute approximate surface area is 125 Å². The second-order valence-electron chi connectivity index (χ2n) is 4.22. The molecule has 2 rings (SSSR count). The van der Waals surface area contributed by atoms with Gasteiger partial charge in [0.25, 0.3) is 5.91 Å². The predicted molar refractivity (Wildman–Crippen MR) is 82.0 cm³/mol.